The van der Waals surface area contributed by atoms with E-state index in [0.29, 0.717) is 5.92 Å². The summed E-state index contributed by atoms with van der Waals surface area (Å²) in [5, 5.41) is 18.5. The van der Waals surface area contributed by atoms with Crippen LogP contribution in [0.5, 0.6) is 0 Å². The molecule has 1 heterocycles. The van der Waals surface area contributed by atoms with Crippen molar-refractivity contribution in [1.29, 1.82) is 0 Å². The van der Waals surface area contributed by atoms with Crippen molar-refractivity contribution in [2.75, 3.05) is 0 Å². The van der Waals surface area contributed by atoms with Crippen molar-refractivity contribution < 1.29 is 15.0 Å². The van der Waals surface area contributed by atoms with Gasteiger partial charge in [-0.3, -0.25) is 0 Å². The van der Waals surface area contributed by atoms with Crippen LogP contribution in [-0.4, -0.2) is 31.8 Å². The molecule has 1 aliphatic carbocycles. The number of benzene rings is 1. The SMILES string of the molecule is CCCc1nc2cc(C(=O)O)ccc2n1CC1CC(O)C1. The molecule has 0 atom stereocenters. The summed E-state index contributed by atoms with van der Waals surface area (Å²) >= 11 is 0. The minimum atomic E-state index is -0.925. The summed E-state index contributed by atoms with van der Waals surface area (Å²) < 4.78 is 2.20. The van der Waals surface area contributed by atoms with Gasteiger partial charge in [-0.05, 0) is 43.4 Å². The van der Waals surface area contributed by atoms with Crippen molar-refractivity contribution in [2.45, 2.75) is 45.3 Å². The third kappa shape index (κ3) is 2.65. The molecule has 5 heteroatoms. The molecule has 2 N–H and O–H groups in total. The van der Waals surface area contributed by atoms with Gasteiger partial charge in [0.05, 0.1) is 22.7 Å². The van der Waals surface area contributed by atoms with Crippen molar-refractivity contribution in [3.05, 3.63) is 29.6 Å². The van der Waals surface area contributed by atoms with Gasteiger partial charge >= 0.3 is 5.97 Å². The lowest BCUT2D eigenvalue weighted by Gasteiger charge is -2.32. The first-order valence-electron chi connectivity index (χ1n) is 7.49. The van der Waals surface area contributed by atoms with E-state index in [4.69, 9.17) is 5.11 Å². The number of hydrogen-bond acceptors (Lipinski definition) is 3. The number of aliphatic hydroxyl groups excluding tert-OH is 1. The van der Waals surface area contributed by atoms with Crippen LogP contribution in [0.1, 0.15) is 42.4 Å². The molecule has 0 amide bonds. The van der Waals surface area contributed by atoms with Crippen LogP contribution in [0.25, 0.3) is 11.0 Å². The number of rotatable bonds is 5. The highest BCUT2D eigenvalue weighted by molar-refractivity contribution is 5.92. The van der Waals surface area contributed by atoms with Crippen LogP contribution >= 0.6 is 0 Å². The maximum Gasteiger partial charge on any atom is 0.335 e. The van der Waals surface area contributed by atoms with Gasteiger partial charge in [0.25, 0.3) is 0 Å². The molecule has 0 radical (unpaired) electrons. The zero-order valence-electron chi connectivity index (χ0n) is 12.1. The Kier molecular flexibility index (Phi) is 3.68. The molecule has 0 saturated heterocycles. The first-order chi connectivity index (χ1) is 10.1. The molecule has 0 spiro atoms. The van der Waals surface area contributed by atoms with Crippen molar-refractivity contribution in [2.24, 2.45) is 5.92 Å². The Morgan fingerprint density at radius 1 is 1.43 bits per heavy atom. The van der Waals surface area contributed by atoms with Gasteiger partial charge in [0.15, 0.2) is 0 Å². The molecular formula is C16H20N2O3. The molecule has 0 unspecified atom stereocenters. The number of carbonyl (C=O) groups is 1. The molecule has 5 nitrogen and oxygen atoms in total. The van der Waals surface area contributed by atoms with Crippen LogP contribution in [0.2, 0.25) is 0 Å². The predicted molar refractivity (Wildman–Crippen MR) is 79.4 cm³/mol. The van der Waals surface area contributed by atoms with Crippen molar-refractivity contribution in [3.8, 4) is 0 Å². The summed E-state index contributed by atoms with van der Waals surface area (Å²) in [6, 6.07) is 5.12. The van der Waals surface area contributed by atoms with Gasteiger partial charge in [0.2, 0.25) is 0 Å². The molecular weight excluding hydrogens is 268 g/mol. The van der Waals surface area contributed by atoms with Gasteiger partial charge in [0.1, 0.15) is 5.82 Å². The van der Waals surface area contributed by atoms with Crippen LogP contribution in [0.15, 0.2) is 18.2 Å². The lowest BCUT2D eigenvalue weighted by Crippen LogP contribution is -2.31. The number of carboxylic acids is 1. The highest BCUT2D eigenvalue weighted by atomic mass is 16.4. The van der Waals surface area contributed by atoms with E-state index in [1.807, 2.05) is 6.07 Å². The van der Waals surface area contributed by atoms with Crippen LogP contribution < -0.4 is 0 Å². The van der Waals surface area contributed by atoms with Gasteiger partial charge in [0, 0.05) is 13.0 Å². The lowest BCUT2D eigenvalue weighted by molar-refractivity contribution is 0.0353. The summed E-state index contributed by atoms with van der Waals surface area (Å²) in [6.45, 7) is 2.97. The van der Waals surface area contributed by atoms with E-state index in [1.54, 1.807) is 12.1 Å². The molecule has 1 fully saturated rings. The molecule has 1 aliphatic rings. The fraction of sp³-hybridized carbons (Fsp3) is 0.500. The first-order valence-corrected chi connectivity index (χ1v) is 7.49. The zero-order valence-corrected chi connectivity index (χ0v) is 12.1. The Bertz CT molecular complexity index is 671. The van der Waals surface area contributed by atoms with Crippen molar-refractivity contribution in [1.82, 2.24) is 9.55 Å². The number of nitrogens with zero attached hydrogens (tertiary/aromatic N) is 2. The summed E-state index contributed by atoms with van der Waals surface area (Å²) in [5.74, 6) is 0.578. The van der Waals surface area contributed by atoms with Crippen LogP contribution in [0, 0.1) is 5.92 Å². The lowest BCUT2D eigenvalue weighted by atomic mass is 9.82. The van der Waals surface area contributed by atoms with E-state index < -0.39 is 5.97 Å². The van der Waals surface area contributed by atoms with Crippen molar-refractivity contribution in [3.63, 3.8) is 0 Å². The Morgan fingerprint density at radius 3 is 2.81 bits per heavy atom. The zero-order chi connectivity index (χ0) is 15.0. The summed E-state index contributed by atoms with van der Waals surface area (Å²) in [6.07, 6.45) is 3.42. The quantitative estimate of drug-likeness (QED) is 0.886. The third-order valence-corrected chi connectivity index (χ3v) is 4.20. The number of aromatic carboxylic acids is 1. The summed E-state index contributed by atoms with van der Waals surface area (Å²) in [4.78, 5) is 15.7. The molecule has 2 aromatic rings. The van der Waals surface area contributed by atoms with E-state index in [-0.39, 0.29) is 11.7 Å². The number of aromatic nitrogens is 2. The molecule has 21 heavy (non-hydrogen) atoms. The third-order valence-electron chi connectivity index (χ3n) is 4.20. The summed E-state index contributed by atoms with van der Waals surface area (Å²) in [5.41, 5.74) is 2.01. The first kappa shape index (κ1) is 14.1. The largest absolute Gasteiger partial charge is 0.478 e. The second-order valence-electron chi connectivity index (χ2n) is 5.89. The minimum Gasteiger partial charge on any atom is -0.478 e. The number of hydrogen-bond donors (Lipinski definition) is 2. The average Bonchev–Trinajstić information content (AvgIpc) is 2.74. The van der Waals surface area contributed by atoms with E-state index in [1.165, 1.54) is 0 Å². The minimum absolute atomic E-state index is 0.155. The predicted octanol–water partition coefficient (Wildman–Crippen LogP) is 2.46. The standard InChI is InChI=1S/C16H20N2O3/c1-2-3-15-17-13-8-11(16(20)21)4-5-14(13)18(15)9-10-6-12(19)7-10/h4-5,8,10,12,19H,2-3,6-7,9H2,1H3,(H,20,21). The van der Waals surface area contributed by atoms with Gasteiger partial charge in [-0.2, -0.15) is 0 Å². The fourth-order valence-corrected chi connectivity index (χ4v) is 3.04. The Labute approximate surface area is 123 Å². The number of imidazole rings is 1. The maximum atomic E-state index is 11.1. The molecule has 1 saturated carbocycles. The van der Waals surface area contributed by atoms with Gasteiger partial charge < -0.3 is 14.8 Å². The van der Waals surface area contributed by atoms with Crippen molar-refractivity contribution >= 4 is 17.0 Å². The molecule has 0 aliphatic heterocycles. The number of carboxylic acid groups (broad SMARTS) is 1. The Balaban J connectivity index is 1.98. The van der Waals surface area contributed by atoms with E-state index >= 15 is 0 Å². The topological polar surface area (TPSA) is 75.3 Å². The van der Waals surface area contributed by atoms with E-state index in [0.717, 1.165) is 49.1 Å². The monoisotopic (exact) mass is 288 g/mol. The molecule has 1 aromatic carbocycles. The average molecular weight is 288 g/mol. The van der Waals surface area contributed by atoms with Crippen LogP contribution in [0.3, 0.4) is 0 Å². The smallest absolute Gasteiger partial charge is 0.335 e. The van der Waals surface area contributed by atoms with E-state index in [2.05, 4.69) is 16.5 Å². The number of fused-ring (bicyclic) bond motifs is 1. The normalized spacial score (nSPS) is 21.4. The molecule has 1 aromatic heterocycles. The molecule has 3 rings (SSSR count). The molecule has 112 valence electrons. The highest BCUT2D eigenvalue weighted by Gasteiger charge is 2.28. The number of aryl methyl sites for hydroxylation is 1. The summed E-state index contributed by atoms with van der Waals surface area (Å²) in [7, 11) is 0. The molecule has 0 bridgehead atoms. The Morgan fingerprint density at radius 2 is 2.19 bits per heavy atom. The van der Waals surface area contributed by atoms with Gasteiger partial charge in [-0.1, -0.05) is 6.92 Å². The fourth-order valence-electron chi connectivity index (χ4n) is 3.04. The maximum absolute atomic E-state index is 11.1. The number of aliphatic hydroxyl groups is 1. The van der Waals surface area contributed by atoms with Crippen LogP contribution in [0.4, 0.5) is 0 Å². The van der Waals surface area contributed by atoms with E-state index in [9.17, 15) is 9.90 Å². The second kappa shape index (κ2) is 5.48. The van der Waals surface area contributed by atoms with Crippen LogP contribution in [-0.2, 0) is 13.0 Å². The highest BCUT2D eigenvalue weighted by Crippen LogP contribution is 2.31. The van der Waals surface area contributed by atoms with Gasteiger partial charge in [-0.25, -0.2) is 9.78 Å². The second-order valence-corrected chi connectivity index (χ2v) is 5.89. The van der Waals surface area contributed by atoms with Gasteiger partial charge in [-0.15, -0.1) is 0 Å². The Hall–Kier alpha value is -1.88.